The Hall–Kier alpha value is -3.71. The first-order chi connectivity index (χ1) is 18.2. The number of piperidine rings is 2. The summed E-state index contributed by atoms with van der Waals surface area (Å²) in [6.45, 7) is 5.29. The van der Waals surface area contributed by atoms with Gasteiger partial charge in [0, 0.05) is 37.1 Å². The standard InChI is InChI=1S/C30H34N6O/c1-21-8-5-11-23-14-16-32-29(27(21)23)36(25-13-6-15-31-18-25)30(37)35-17-7-12-24(20-35)28-33-19-26(34-28)22-9-3-2-4-10-22/h2-5,8-11,14,16,19,24-25,31H,6-7,12-13,15,17-18,20H2,1H3,(H,33,34)/t24?,25-/m1/s1. The van der Waals surface area contributed by atoms with Gasteiger partial charge in [-0.3, -0.25) is 4.90 Å². The molecule has 2 amide bonds. The second-order valence-corrected chi connectivity index (χ2v) is 10.3. The molecule has 2 aromatic heterocycles. The van der Waals surface area contributed by atoms with E-state index < -0.39 is 0 Å². The van der Waals surface area contributed by atoms with Crippen molar-refractivity contribution in [1.82, 2.24) is 25.2 Å². The summed E-state index contributed by atoms with van der Waals surface area (Å²) in [5.74, 6) is 1.92. The number of imidazole rings is 1. The number of benzene rings is 2. The molecule has 2 N–H and O–H groups in total. The number of amides is 2. The molecule has 7 heteroatoms. The van der Waals surface area contributed by atoms with Gasteiger partial charge in [-0.15, -0.1) is 0 Å². The molecule has 0 radical (unpaired) electrons. The number of aryl methyl sites for hydroxylation is 1. The Bertz CT molecular complexity index is 1370. The topological polar surface area (TPSA) is 77.2 Å². The number of carbonyl (C=O) groups excluding carboxylic acids is 1. The Balaban J connectivity index is 1.30. The molecule has 190 valence electrons. The van der Waals surface area contributed by atoms with Crippen LogP contribution in [-0.4, -0.2) is 58.1 Å². The van der Waals surface area contributed by atoms with Crippen molar-refractivity contribution in [2.75, 3.05) is 31.1 Å². The number of H-pyrrole nitrogens is 1. The molecule has 37 heavy (non-hydrogen) atoms. The van der Waals surface area contributed by atoms with Gasteiger partial charge in [-0.1, -0.05) is 48.5 Å². The number of aromatic amines is 1. The zero-order chi connectivity index (χ0) is 25.2. The molecule has 2 fully saturated rings. The number of rotatable bonds is 4. The maximum atomic E-state index is 14.3. The third kappa shape index (κ3) is 4.71. The maximum absolute atomic E-state index is 14.3. The lowest BCUT2D eigenvalue weighted by Crippen LogP contribution is -2.55. The van der Waals surface area contributed by atoms with Gasteiger partial charge in [0.2, 0.25) is 0 Å². The fourth-order valence-corrected chi connectivity index (χ4v) is 5.88. The number of fused-ring (bicyclic) bond motifs is 1. The van der Waals surface area contributed by atoms with Gasteiger partial charge in [-0.2, -0.15) is 0 Å². The molecule has 6 rings (SSSR count). The highest BCUT2D eigenvalue weighted by Crippen LogP contribution is 2.33. The molecule has 2 aliphatic rings. The van der Waals surface area contributed by atoms with E-state index in [2.05, 4.69) is 47.6 Å². The van der Waals surface area contributed by atoms with E-state index in [9.17, 15) is 4.79 Å². The summed E-state index contributed by atoms with van der Waals surface area (Å²) in [5, 5.41) is 5.69. The monoisotopic (exact) mass is 494 g/mol. The molecule has 2 atom stereocenters. The summed E-state index contributed by atoms with van der Waals surface area (Å²) in [5.41, 5.74) is 3.28. The molecule has 0 spiro atoms. The number of hydrogen-bond donors (Lipinski definition) is 2. The third-order valence-electron chi connectivity index (χ3n) is 7.81. The van der Waals surface area contributed by atoms with Crippen molar-refractivity contribution >= 4 is 22.6 Å². The number of nitrogens with zero attached hydrogens (tertiary/aromatic N) is 4. The fraction of sp³-hybridized carbons (Fsp3) is 0.367. The van der Waals surface area contributed by atoms with Gasteiger partial charge >= 0.3 is 6.03 Å². The summed E-state index contributed by atoms with van der Waals surface area (Å²) in [4.78, 5) is 31.4. The van der Waals surface area contributed by atoms with Crippen LogP contribution in [0.1, 0.15) is 43.0 Å². The third-order valence-corrected chi connectivity index (χ3v) is 7.81. The first-order valence-corrected chi connectivity index (χ1v) is 13.4. The van der Waals surface area contributed by atoms with Crippen LogP contribution < -0.4 is 10.2 Å². The SMILES string of the molecule is Cc1cccc2ccnc(N(C(=O)N3CCCC(c4ncc(-c5ccccc5)[nH]4)C3)[C@@H]3CCCNC3)c12. The van der Waals surface area contributed by atoms with Gasteiger partial charge in [-0.25, -0.2) is 14.8 Å². The van der Waals surface area contributed by atoms with E-state index in [1.807, 2.05) is 46.5 Å². The zero-order valence-corrected chi connectivity index (χ0v) is 21.4. The number of urea groups is 1. The minimum Gasteiger partial charge on any atom is -0.342 e. The van der Waals surface area contributed by atoms with Crippen molar-refractivity contribution in [2.24, 2.45) is 0 Å². The predicted octanol–water partition coefficient (Wildman–Crippen LogP) is 5.49. The molecule has 1 unspecified atom stereocenters. The van der Waals surface area contributed by atoms with Gasteiger partial charge in [-0.05, 0) is 61.7 Å². The van der Waals surface area contributed by atoms with E-state index in [4.69, 9.17) is 9.97 Å². The van der Waals surface area contributed by atoms with Gasteiger partial charge in [0.1, 0.15) is 11.6 Å². The molecule has 0 aliphatic carbocycles. The molecule has 4 aromatic rings. The number of anilines is 1. The summed E-state index contributed by atoms with van der Waals surface area (Å²) in [6, 6.07) is 18.7. The summed E-state index contributed by atoms with van der Waals surface area (Å²) >= 11 is 0. The van der Waals surface area contributed by atoms with Crippen LogP contribution in [0.25, 0.3) is 22.0 Å². The smallest absolute Gasteiger partial charge is 0.326 e. The highest BCUT2D eigenvalue weighted by atomic mass is 16.2. The number of aromatic nitrogens is 3. The second kappa shape index (κ2) is 10.3. The average molecular weight is 495 g/mol. The Kier molecular flexibility index (Phi) is 6.62. The number of nitrogens with one attached hydrogen (secondary N) is 2. The van der Waals surface area contributed by atoms with Gasteiger partial charge in [0.15, 0.2) is 0 Å². The van der Waals surface area contributed by atoms with E-state index >= 15 is 0 Å². The Morgan fingerprint density at radius 2 is 1.92 bits per heavy atom. The number of hydrogen-bond acceptors (Lipinski definition) is 4. The van der Waals surface area contributed by atoms with E-state index in [-0.39, 0.29) is 18.0 Å². The summed E-state index contributed by atoms with van der Waals surface area (Å²) < 4.78 is 0. The zero-order valence-electron chi connectivity index (χ0n) is 21.4. The normalized spacial score (nSPS) is 20.2. The summed E-state index contributed by atoms with van der Waals surface area (Å²) in [6.07, 6.45) is 7.74. The van der Waals surface area contributed by atoms with Crippen molar-refractivity contribution in [3.63, 3.8) is 0 Å². The highest BCUT2D eigenvalue weighted by Gasteiger charge is 2.35. The van der Waals surface area contributed by atoms with Crippen LogP contribution in [-0.2, 0) is 0 Å². The minimum absolute atomic E-state index is 0.0523. The van der Waals surface area contributed by atoms with Crippen LogP contribution in [0.3, 0.4) is 0 Å². The Morgan fingerprint density at radius 1 is 1.03 bits per heavy atom. The average Bonchev–Trinajstić information content (AvgIpc) is 3.45. The molecule has 0 bridgehead atoms. The van der Waals surface area contributed by atoms with Gasteiger partial charge < -0.3 is 15.2 Å². The number of carbonyl (C=O) groups is 1. The largest absolute Gasteiger partial charge is 0.342 e. The molecule has 7 nitrogen and oxygen atoms in total. The lowest BCUT2D eigenvalue weighted by molar-refractivity contribution is 0.181. The van der Waals surface area contributed by atoms with E-state index in [1.54, 1.807) is 0 Å². The first kappa shape index (κ1) is 23.7. The fourth-order valence-electron chi connectivity index (χ4n) is 5.88. The molecule has 2 aromatic carbocycles. The van der Waals surface area contributed by atoms with Crippen molar-refractivity contribution in [2.45, 2.75) is 44.6 Å². The van der Waals surface area contributed by atoms with E-state index in [0.717, 1.165) is 84.6 Å². The van der Waals surface area contributed by atoms with Crippen molar-refractivity contribution < 1.29 is 4.79 Å². The minimum atomic E-state index is 0.0523. The van der Waals surface area contributed by atoms with Gasteiger partial charge in [0.25, 0.3) is 0 Å². The molecule has 2 aliphatic heterocycles. The molecular weight excluding hydrogens is 460 g/mol. The van der Waals surface area contributed by atoms with Crippen molar-refractivity contribution in [1.29, 1.82) is 0 Å². The van der Waals surface area contributed by atoms with E-state index in [1.165, 1.54) is 0 Å². The Labute approximate surface area is 217 Å². The first-order valence-electron chi connectivity index (χ1n) is 13.4. The lowest BCUT2D eigenvalue weighted by atomic mass is 9.97. The lowest BCUT2D eigenvalue weighted by Gasteiger charge is -2.40. The van der Waals surface area contributed by atoms with Crippen molar-refractivity contribution in [3.8, 4) is 11.3 Å². The van der Waals surface area contributed by atoms with Crippen molar-refractivity contribution in [3.05, 3.63) is 78.4 Å². The predicted molar refractivity (Wildman–Crippen MR) is 148 cm³/mol. The second-order valence-electron chi connectivity index (χ2n) is 10.3. The quantitative estimate of drug-likeness (QED) is 0.393. The summed E-state index contributed by atoms with van der Waals surface area (Å²) in [7, 11) is 0. The van der Waals surface area contributed by atoms with Crippen LogP contribution in [0.2, 0.25) is 0 Å². The number of likely N-dealkylation sites (tertiary alicyclic amines) is 1. The van der Waals surface area contributed by atoms with Crippen LogP contribution in [0, 0.1) is 6.92 Å². The highest BCUT2D eigenvalue weighted by molar-refractivity contribution is 6.03. The molecule has 2 saturated heterocycles. The van der Waals surface area contributed by atoms with Crippen LogP contribution in [0.4, 0.5) is 10.6 Å². The molecule has 0 saturated carbocycles. The van der Waals surface area contributed by atoms with E-state index in [0.29, 0.717) is 6.54 Å². The Morgan fingerprint density at radius 3 is 2.76 bits per heavy atom. The van der Waals surface area contributed by atoms with Crippen LogP contribution in [0.5, 0.6) is 0 Å². The molecular formula is C30H34N6O. The van der Waals surface area contributed by atoms with Gasteiger partial charge in [0.05, 0.1) is 17.9 Å². The maximum Gasteiger partial charge on any atom is 0.326 e. The van der Waals surface area contributed by atoms with Crippen LogP contribution >= 0.6 is 0 Å². The molecule has 4 heterocycles. The number of pyridine rings is 1. The van der Waals surface area contributed by atoms with Crippen LogP contribution in [0.15, 0.2) is 67.0 Å².